The van der Waals surface area contributed by atoms with E-state index in [9.17, 15) is 13.2 Å². The third kappa shape index (κ3) is 3.17. The minimum atomic E-state index is -4.01. The van der Waals surface area contributed by atoms with E-state index in [0.717, 1.165) is 12.5 Å². The predicted molar refractivity (Wildman–Crippen MR) is 64.9 cm³/mol. The zero-order chi connectivity index (χ0) is 13.1. The van der Waals surface area contributed by atoms with Gasteiger partial charge in [0.25, 0.3) is 0 Å². The van der Waals surface area contributed by atoms with Gasteiger partial charge in [0.1, 0.15) is 4.90 Å². The van der Waals surface area contributed by atoms with Crippen molar-refractivity contribution in [2.75, 3.05) is 0 Å². The van der Waals surface area contributed by atoms with Crippen molar-refractivity contribution in [3.8, 4) is 0 Å². The zero-order valence-corrected chi connectivity index (χ0v) is 10.6. The maximum Gasteiger partial charge on any atom is 0.341 e. The molecule has 0 bridgehead atoms. The summed E-state index contributed by atoms with van der Waals surface area (Å²) in [5.74, 6) is -0.847. The lowest BCUT2D eigenvalue weighted by Gasteiger charge is -2.09. The summed E-state index contributed by atoms with van der Waals surface area (Å²) >= 11 is 0. The van der Waals surface area contributed by atoms with Crippen LogP contribution in [0.3, 0.4) is 0 Å². The maximum absolute atomic E-state index is 11.8. The largest absolute Gasteiger partial charge is 0.343 e. The van der Waals surface area contributed by atoms with E-state index in [1.165, 1.54) is 6.07 Å². The van der Waals surface area contributed by atoms with Crippen LogP contribution in [0.5, 0.6) is 0 Å². The molecule has 0 spiro atoms. The fraction of sp³-hybridized carbons (Fsp3) is 0.250. The summed E-state index contributed by atoms with van der Waals surface area (Å²) in [6, 6.07) is 4.75. The molecule has 0 saturated carbocycles. The Labute approximate surface area is 101 Å². The Morgan fingerprint density at radius 3 is 2.59 bits per heavy atom. The van der Waals surface area contributed by atoms with Crippen molar-refractivity contribution in [3.63, 3.8) is 0 Å². The van der Waals surface area contributed by atoms with Gasteiger partial charge < -0.3 is 4.18 Å². The van der Waals surface area contributed by atoms with Crippen molar-refractivity contribution >= 4 is 22.2 Å². The van der Waals surface area contributed by atoms with E-state index >= 15 is 0 Å². The first kappa shape index (κ1) is 13.4. The smallest absolute Gasteiger partial charge is 0.341 e. The summed E-state index contributed by atoms with van der Waals surface area (Å²) in [7, 11) is -4.01. The zero-order valence-electron chi connectivity index (χ0n) is 9.76. The molecule has 92 valence electrons. The Kier molecular flexibility index (Phi) is 4.07. The molecule has 5 heteroatoms. The lowest BCUT2D eigenvalue weighted by atomic mass is 10.1. The van der Waals surface area contributed by atoms with E-state index in [2.05, 4.69) is 10.8 Å². The van der Waals surface area contributed by atoms with Crippen LogP contribution in [0.2, 0.25) is 0 Å². The highest BCUT2D eigenvalue weighted by Crippen LogP contribution is 2.21. The highest BCUT2D eigenvalue weighted by molar-refractivity contribution is 7.87. The average Bonchev–Trinajstić information content (AvgIpc) is 2.26. The van der Waals surface area contributed by atoms with Gasteiger partial charge in [-0.3, -0.25) is 4.79 Å². The molecule has 0 aliphatic rings. The maximum atomic E-state index is 11.8. The quantitative estimate of drug-likeness (QED) is 0.772. The summed E-state index contributed by atoms with van der Waals surface area (Å²) in [5.41, 5.74) is 1.42. The summed E-state index contributed by atoms with van der Waals surface area (Å²) in [6.45, 7) is 6.50. The van der Waals surface area contributed by atoms with E-state index in [1.807, 2.05) is 6.92 Å². The van der Waals surface area contributed by atoms with Crippen molar-refractivity contribution in [1.29, 1.82) is 0 Å². The van der Waals surface area contributed by atoms with Crippen molar-refractivity contribution in [2.45, 2.75) is 25.2 Å². The molecule has 0 aliphatic carbocycles. The lowest BCUT2D eigenvalue weighted by molar-refractivity contribution is -0.131. The minimum absolute atomic E-state index is 0.0285. The van der Waals surface area contributed by atoms with Gasteiger partial charge in [0.15, 0.2) is 0 Å². The van der Waals surface area contributed by atoms with Crippen molar-refractivity contribution < 1.29 is 17.4 Å². The fourth-order valence-corrected chi connectivity index (χ4v) is 2.60. The molecule has 0 N–H and O–H groups in total. The summed E-state index contributed by atoms with van der Waals surface area (Å²) in [5, 5.41) is 0. The monoisotopic (exact) mass is 254 g/mol. The van der Waals surface area contributed by atoms with Crippen LogP contribution in [0.25, 0.3) is 6.08 Å². The third-order valence-electron chi connectivity index (χ3n) is 2.20. The molecule has 0 fully saturated rings. The molecule has 0 amide bonds. The molecule has 0 heterocycles. The molecule has 1 aromatic carbocycles. The van der Waals surface area contributed by atoms with Crippen LogP contribution in [0.1, 0.15) is 25.0 Å². The minimum Gasteiger partial charge on any atom is -0.343 e. The number of hydrogen-bond donors (Lipinski definition) is 0. The van der Waals surface area contributed by atoms with Crippen molar-refractivity contribution in [2.24, 2.45) is 0 Å². The van der Waals surface area contributed by atoms with Crippen LogP contribution in [0, 0.1) is 0 Å². The van der Waals surface area contributed by atoms with Crippen LogP contribution < -0.4 is 0 Å². The highest BCUT2D eigenvalue weighted by Gasteiger charge is 2.21. The molecule has 1 aromatic rings. The standard InChI is InChI=1S/C12H14O4S/c1-4-10-6-7-12(11(5-2)8-10)17(14,15)16-9(3)13/h4,6-8H,1,5H2,2-3H3. The number of aryl methyl sites for hydroxylation is 1. The van der Waals surface area contributed by atoms with E-state index in [1.54, 1.807) is 18.2 Å². The molecule has 0 saturated heterocycles. The summed E-state index contributed by atoms with van der Waals surface area (Å²) in [4.78, 5) is 10.8. The van der Waals surface area contributed by atoms with Crippen LogP contribution in [-0.4, -0.2) is 14.4 Å². The van der Waals surface area contributed by atoms with Gasteiger partial charge in [-0.2, -0.15) is 8.42 Å². The predicted octanol–water partition coefficient (Wildman–Crippen LogP) is 2.14. The van der Waals surface area contributed by atoms with Gasteiger partial charge in [0.05, 0.1) is 0 Å². The number of hydrogen-bond acceptors (Lipinski definition) is 4. The molecule has 0 atom stereocenters. The molecule has 0 unspecified atom stereocenters. The molecular weight excluding hydrogens is 240 g/mol. The average molecular weight is 254 g/mol. The first-order chi connectivity index (χ1) is 7.90. The third-order valence-corrected chi connectivity index (χ3v) is 3.59. The van der Waals surface area contributed by atoms with E-state index < -0.39 is 16.1 Å². The SMILES string of the molecule is C=Cc1ccc(S(=O)(=O)OC(C)=O)c(CC)c1. The number of carbonyl (C=O) groups is 1. The van der Waals surface area contributed by atoms with Crippen LogP contribution >= 0.6 is 0 Å². The Balaban J connectivity index is 3.31. The van der Waals surface area contributed by atoms with Gasteiger partial charge in [0, 0.05) is 6.92 Å². The van der Waals surface area contributed by atoms with E-state index in [4.69, 9.17) is 0 Å². The summed E-state index contributed by atoms with van der Waals surface area (Å²) < 4.78 is 27.9. The molecule has 1 rings (SSSR count). The topological polar surface area (TPSA) is 60.4 Å². The van der Waals surface area contributed by atoms with Gasteiger partial charge in [0.2, 0.25) is 0 Å². The van der Waals surface area contributed by atoms with Crippen molar-refractivity contribution in [3.05, 3.63) is 35.9 Å². The Bertz CT molecular complexity index is 544. The molecule has 4 nitrogen and oxygen atoms in total. The van der Waals surface area contributed by atoms with Gasteiger partial charge in [-0.25, -0.2) is 0 Å². The fourth-order valence-electron chi connectivity index (χ4n) is 1.45. The van der Waals surface area contributed by atoms with Gasteiger partial charge in [-0.1, -0.05) is 31.7 Å². The normalized spacial score (nSPS) is 10.9. The summed E-state index contributed by atoms with van der Waals surface area (Å²) in [6.07, 6.45) is 2.15. The Hall–Kier alpha value is -1.62. The molecule has 0 aromatic heterocycles. The Morgan fingerprint density at radius 1 is 1.47 bits per heavy atom. The van der Waals surface area contributed by atoms with Crippen molar-refractivity contribution in [1.82, 2.24) is 0 Å². The molecule has 17 heavy (non-hydrogen) atoms. The molecular formula is C12H14O4S. The van der Waals surface area contributed by atoms with Gasteiger partial charge >= 0.3 is 16.1 Å². The van der Waals surface area contributed by atoms with E-state index in [-0.39, 0.29) is 4.90 Å². The first-order valence-corrected chi connectivity index (χ1v) is 6.52. The van der Waals surface area contributed by atoms with Crippen LogP contribution in [-0.2, 0) is 25.5 Å². The van der Waals surface area contributed by atoms with Gasteiger partial charge in [-0.05, 0) is 23.6 Å². The second kappa shape index (κ2) is 5.14. The highest BCUT2D eigenvalue weighted by atomic mass is 32.2. The Morgan fingerprint density at radius 2 is 2.12 bits per heavy atom. The lowest BCUT2D eigenvalue weighted by Crippen LogP contribution is -2.12. The number of carbonyl (C=O) groups excluding carboxylic acids is 1. The number of benzene rings is 1. The van der Waals surface area contributed by atoms with Crippen LogP contribution in [0.15, 0.2) is 29.7 Å². The second-order valence-corrected chi connectivity index (χ2v) is 4.97. The molecule has 0 radical (unpaired) electrons. The number of rotatable bonds is 4. The van der Waals surface area contributed by atoms with Crippen LogP contribution in [0.4, 0.5) is 0 Å². The second-order valence-electron chi connectivity index (χ2n) is 3.45. The van der Waals surface area contributed by atoms with Gasteiger partial charge in [-0.15, -0.1) is 0 Å². The van der Waals surface area contributed by atoms with E-state index in [0.29, 0.717) is 12.0 Å². The molecule has 0 aliphatic heterocycles. The first-order valence-electron chi connectivity index (χ1n) is 5.11.